The van der Waals surface area contributed by atoms with Crippen LogP contribution in [-0.2, 0) is 6.54 Å². The summed E-state index contributed by atoms with van der Waals surface area (Å²) in [6, 6.07) is 18.2. The van der Waals surface area contributed by atoms with Gasteiger partial charge < -0.3 is 9.84 Å². The fraction of sp³-hybridized carbons (Fsp3) is 0.455. The van der Waals surface area contributed by atoms with E-state index in [4.69, 9.17) is 4.74 Å². The second-order valence-electron chi connectivity index (χ2n) is 7.18. The fourth-order valence-electron chi connectivity index (χ4n) is 2.80. The molecule has 0 amide bonds. The molecule has 2 aromatic carbocycles. The predicted molar refractivity (Wildman–Crippen MR) is 104 cm³/mol. The van der Waals surface area contributed by atoms with Crippen LogP contribution in [0.3, 0.4) is 0 Å². The molecule has 0 aromatic heterocycles. The van der Waals surface area contributed by atoms with Gasteiger partial charge in [-0.3, -0.25) is 4.90 Å². The molecule has 0 saturated heterocycles. The molecular weight excluding hydrogens is 310 g/mol. The van der Waals surface area contributed by atoms with Crippen molar-refractivity contribution in [3.8, 4) is 5.75 Å². The first-order chi connectivity index (χ1) is 12.0. The van der Waals surface area contributed by atoms with Crippen molar-refractivity contribution < 1.29 is 9.84 Å². The molecule has 0 heterocycles. The number of hydrogen-bond acceptors (Lipinski definition) is 3. The van der Waals surface area contributed by atoms with Gasteiger partial charge in [-0.05, 0) is 43.5 Å². The van der Waals surface area contributed by atoms with Crippen LogP contribution in [0, 0.1) is 12.8 Å². The Morgan fingerprint density at radius 1 is 1.04 bits per heavy atom. The van der Waals surface area contributed by atoms with E-state index in [1.54, 1.807) is 0 Å². The molecule has 0 radical (unpaired) electrons. The summed E-state index contributed by atoms with van der Waals surface area (Å²) in [5.74, 6) is 1.45. The van der Waals surface area contributed by atoms with Gasteiger partial charge in [0.1, 0.15) is 18.5 Å². The number of benzene rings is 2. The second-order valence-corrected chi connectivity index (χ2v) is 7.18. The van der Waals surface area contributed by atoms with E-state index in [1.807, 2.05) is 30.3 Å². The van der Waals surface area contributed by atoms with Crippen molar-refractivity contribution >= 4 is 0 Å². The number of aliphatic hydroxyl groups excluding tert-OH is 1. The molecule has 2 rings (SSSR count). The van der Waals surface area contributed by atoms with Crippen molar-refractivity contribution in [1.29, 1.82) is 0 Å². The first-order valence-electron chi connectivity index (χ1n) is 9.16. The molecule has 3 heteroatoms. The maximum atomic E-state index is 10.4. The van der Waals surface area contributed by atoms with Gasteiger partial charge in [-0.2, -0.15) is 0 Å². The van der Waals surface area contributed by atoms with Crippen LogP contribution in [0.25, 0.3) is 0 Å². The average molecular weight is 341 g/mol. The first kappa shape index (κ1) is 19.5. The van der Waals surface area contributed by atoms with Crippen LogP contribution in [0.5, 0.6) is 5.75 Å². The monoisotopic (exact) mass is 341 g/mol. The first-order valence-corrected chi connectivity index (χ1v) is 9.16. The predicted octanol–water partition coefficient (Wildman–Crippen LogP) is 4.28. The van der Waals surface area contributed by atoms with E-state index in [2.05, 4.69) is 49.9 Å². The smallest absolute Gasteiger partial charge is 0.119 e. The summed E-state index contributed by atoms with van der Waals surface area (Å²) in [7, 11) is 0. The molecule has 1 N–H and O–H groups in total. The zero-order chi connectivity index (χ0) is 18.1. The SMILES string of the molecule is Cc1cccc(CN(CCC(C)C)C[C@H](O)COc2ccccc2)c1. The Hall–Kier alpha value is -1.84. The summed E-state index contributed by atoms with van der Waals surface area (Å²) >= 11 is 0. The van der Waals surface area contributed by atoms with Crippen LogP contribution in [0.4, 0.5) is 0 Å². The lowest BCUT2D eigenvalue weighted by atomic mass is 10.1. The molecule has 0 aliphatic heterocycles. The minimum absolute atomic E-state index is 0.315. The molecule has 0 spiro atoms. The molecule has 0 aliphatic carbocycles. The molecular formula is C22H31NO2. The van der Waals surface area contributed by atoms with Gasteiger partial charge in [-0.15, -0.1) is 0 Å². The average Bonchev–Trinajstić information content (AvgIpc) is 2.59. The van der Waals surface area contributed by atoms with E-state index in [9.17, 15) is 5.11 Å². The Balaban J connectivity index is 1.89. The summed E-state index contributed by atoms with van der Waals surface area (Å²) in [5, 5.41) is 10.4. The standard InChI is InChI=1S/C22H31NO2/c1-18(2)12-13-23(15-20-9-7-8-19(3)14-20)16-21(24)17-25-22-10-5-4-6-11-22/h4-11,14,18,21,24H,12-13,15-17H2,1-3H3/t21-/m0/s1. The number of rotatable bonds is 10. The Kier molecular flexibility index (Phi) is 7.96. The number of ether oxygens (including phenoxy) is 1. The lowest BCUT2D eigenvalue weighted by molar-refractivity contribution is 0.0639. The molecule has 2 aromatic rings. The molecule has 136 valence electrons. The summed E-state index contributed by atoms with van der Waals surface area (Å²) < 4.78 is 5.69. The molecule has 0 fully saturated rings. The maximum Gasteiger partial charge on any atom is 0.119 e. The fourth-order valence-corrected chi connectivity index (χ4v) is 2.80. The topological polar surface area (TPSA) is 32.7 Å². The summed E-state index contributed by atoms with van der Waals surface area (Å²) in [4.78, 5) is 2.33. The van der Waals surface area contributed by atoms with Crippen LogP contribution in [0.2, 0.25) is 0 Å². The lowest BCUT2D eigenvalue weighted by Gasteiger charge is -2.26. The number of para-hydroxylation sites is 1. The van der Waals surface area contributed by atoms with E-state index in [-0.39, 0.29) is 0 Å². The van der Waals surface area contributed by atoms with Crippen molar-refractivity contribution in [2.24, 2.45) is 5.92 Å². The largest absolute Gasteiger partial charge is 0.491 e. The van der Waals surface area contributed by atoms with Gasteiger partial charge in [-0.1, -0.05) is 61.9 Å². The van der Waals surface area contributed by atoms with Crippen molar-refractivity contribution in [3.63, 3.8) is 0 Å². The Bertz CT molecular complexity index is 612. The minimum Gasteiger partial charge on any atom is -0.491 e. The highest BCUT2D eigenvalue weighted by Gasteiger charge is 2.14. The van der Waals surface area contributed by atoms with Crippen molar-refractivity contribution in [1.82, 2.24) is 4.90 Å². The van der Waals surface area contributed by atoms with Gasteiger partial charge >= 0.3 is 0 Å². The Labute approximate surface area is 152 Å². The van der Waals surface area contributed by atoms with Gasteiger partial charge in [0.05, 0.1) is 0 Å². The van der Waals surface area contributed by atoms with Gasteiger partial charge in [0, 0.05) is 13.1 Å². The Morgan fingerprint density at radius 3 is 2.48 bits per heavy atom. The van der Waals surface area contributed by atoms with E-state index >= 15 is 0 Å². The summed E-state index contributed by atoms with van der Waals surface area (Å²) in [5.41, 5.74) is 2.56. The van der Waals surface area contributed by atoms with E-state index in [1.165, 1.54) is 11.1 Å². The molecule has 1 atom stereocenters. The Morgan fingerprint density at radius 2 is 1.80 bits per heavy atom. The number of aryl methyl sites for hydroxylation is 1. The molecule has 0 aliphatic rings. The van der Waals surface area contributed by atoms with E-state index < -0.39 is 6.10 Å². The van der Waals surface area contributed by atoms with Gasteiger partial charge in [0.15, 0.2) is 0 Å². The highest BCUT2D eigenvalue weighted by molar-refractivity contribution is 5.22. The van der Waals surface area contributed by atoms with E-state index in [0.29, 0.717) is 19.1 Å². The van der Waals surface area contributed by atoms with Crippen LogP contribution in [-0.4, -0.2) is 35.8 Å². The van der Waals surface area contributed by atoms with Crippen molar-refractivity contribution in [3.05, 3.63) is 65.7 Å². The second kappa shape index (κ2) is 10.2. The molecule has 25 heavy (non-hydrogen) atoms. The molecule has 0 unspecified atom stereocenters. The van der Waals surface area contributed by atoms with Crippen LogP contribution < -0.4 is 4.74 Å². The zero-order valence-corrected chi connectivity index (χ0v) is 15.7. The molecule has 0 saturated carbocycles. The number of aliphatic hydroxyl groups is 1. The van der Waals surface area contributed by atoms with E-state index in [0.717, 1.165) is 25.3 Å². The quantitative estimate of drug-likeness (QED) is 0.700. The van der Waals surface area contributed by atoms with Crippen molar-refractivity contribution in [2.45, 2.75) is 39.8 Å². The molecule has 0 bridgehead atoms. The number of nitrogens with zero attached hydrogens (tertiary/aromatic N) is 1. The zero-order valence-electron chi connectivity index (χ0n) is 15.7. The molecule has 3 nitrogen and oxygen atoms in total. The maximum absolute atomic E-state index is 10.4. The lowest BCUT2D eigenvalue weighted by Crippen LogP contribution is -2.36. The van der Waals surface area contributed by atoms with Gasteiger partial charge in [-0.25, -0.2) is 0 Å². The van der Waals surface area contributed by atoms with Crippen LogP contribution >= 0.6 is 0 Å². The highest BCUT2D eigenvalue weighted by atomic mass is 16.5. The van der Waals surface area contributed by atoms with Crippen molar-refractivity contribution in [2.75, 3.05) is 19.7 Å². The van der Waals surface area contributed by atoms with Gasteiger partial charge in [0.2, 0.25) is 0 Å². The third kappa shape index (κ3) is 7.72. The third-order valence-electron chi connectivity index (χ3n) is 4.17. The summed E-state index contributed by atoms with van der Waals surface area (Å²) in [6.45, 7) is 9.36. The van der Waals surface area contributed by atoms with Crippen LogP contribution in [0.15, 0.2) is 54.6 Å². The number of hydrogen-bond donors (Lipinski definition) is 1. The third-order valence-corrected chi connectivity index (χ3v) is 4.17. The van der Waals surface area contributed by atoms with Crippen LogP contribution in [0.1, 0.15) is 31.4 Å². The van der Waals surface area contributed by atoms with Gasteiger partial charge in [0.25, 0.3) is 0 Å². The highest BCUT2D eigenvalue weighted by Crippen LogP contribution is 2.12. The summed E-state index contributed by atoms with van der Waals surface area (Å²) in [6.07, 6.45) is 0.620. The minimum atomic E-state index is -0.503. The normalized spacial score (nSPS) is 12.6.